The molecule has 3 aliphatic carbocycles. The minimum Gasteiger partial charge on any atom is -0.398 e. The van der Waals surface area contributed by atoms with Gasteiger partial charge in [-0.15, -0.1) is 0 Å². The second-order valence-corrected chi connectivity index (χ2v) is 17.1. The summed E-state index contributed by atoms with van der Waals surface area (Å²) in [5.41, 5.74) is 29.3. The molecule has 0 radical (unpaired) electrons. The van der Waals surface area contributed by atoms with Crippen LogP contribution in [-0.4, -0.2) is 14.1 Å². The van der Waals surface area contributed by atoms with E-state index in [2.05, 4.69) is 191 Å². The third-order valence-corrected chi connectivity index (χ3v) is 13.7. The molecule has 0 unspecified atom stereocenters. The molecule has 62 heavy (non-hydrogen) atoms. The number of hydrogen-bond acceptors (Lipinski definition) is 2. The fraction of sp³-hybridized carbons (Fsp3) is 0.0862. The van der Waals surface area contributed by atoms with E-state index in [1.54, 1.807) is 0 Å². The van der Waals surface area contributed by atoms with E-state index in [0.717, 1.165) is 65.5 Å². The number of pyridine rings is 1. The minimum absolute atomic E-state index is 0.777. The van der Waals surface area contributed by atoms with Crippen LogP contribution < -0.4 is 5.73 Å². The number of benzene rings is 7. The van der Waals surface area contributed by atoms with Gasteiger partial charge in [0.25, 0.3) is 0 Å². The van der Waals surface area contributed by atoms with Crippen molar-refractivity contribution in [2.24, 2.45) is 5.73 Å². The third-order valence-electron chi connectivity index (χ3n) is 13.7. The van der Waals surface area contributed by atoms with Gasteiger partial charge in [-0.3, -0.25) is 0 Å². The Morgan fingerprint density at radius 3 is 1.85 bits per heavy atom. The SMILES string of the molecule is N/C(=C\C=C1\C=CC=CC1)c1ccc2c(c1)c1cc3c4c(c1n2-c1ccccc1)CCc1cc2c5cc(-c6ccc7ccccc7n6)ccc5n(-c5ccccc5)c2c(c1-4)CC3. The number of nitrogens with two attached hydrogens (primary N) is 1. The molecule has 0 saturated heterocycles. The van der Waals surface area contributed by atoms with Gasteiger partial charge in [-0.25, -0.2) is 4.98 Å². The lowest BCUT2D eigenvalue weighted by Gasteiger charge is -2.31. The molecule has 4 heteroatoms. The van der Waals surface area contributed by atoms with Crippen molar-refractivity contribution in [2.75, 3.05) is 0 Å². The van der Waals surface area contributed by atoms with E-state index in [-0.39, 0.29) is 0 Å². The van der Waals surface area contributed by atoms with Gasteiger partial charge in [0.05, 0.1) is 33.3 Å². The number of aromatic nitrogens is 3. The van der Waals surface area contributed by atoms with Crippen LogP contribution in [0.25, 0.3) is 94.0 Å². The third kappa shape index (κ3) is 5.29. The Morgan fingerprint density at radius 2 is 1.19 bits per heavy atom. The first kappa shape index (κ1) is 35.1. The topological polar surface area (TPSA) is 48.8 Å². The standard InChI is InChI=1S/C58H42N4/c59-50(28-20-36-12-4-1-5-13-36)38-24-30-53-46(32-38)48-34-40-21-27-45-56-41(22-26-44(55(40)56)57(48)61(53)42-15-6-2-7-16-42)35-49-47-33-39(52-29-23-37-14-10-11-19-51(37)60-52)25-31-54(47)62(58(45)49)43-17-8-3-9-18-43/h1-12,14-20,23-25,28-35H,13,21-22,26-27,59H2/b36-20-,50-28-. The number of hydrogen-bond donors (Lipinski definition) is 1. The maximum absolute atomic E-state index is 6.84. The predicted molar refractivity (Wildman–Crippen MR) is 259 cm³/mol. The molecule has 3 heterocycles. The van der Waals surface area contributed by atoms with E-state index in [1.807, 2.05) is 0 Å². The van der Waals surface area contributed by atoms with Crippen molar-refractivity contribution in [3.8, 4) is 33.8 Å². The summed E-state index contributed by atoms with van der Waals surface area (Å²) in [6.45, 7) is 0. The zero-order valence-electron chi connectivity index (χ0n) is 34.3. The first-order chi connectivity index (χ1) is 30.7. The highest BCUT2D eigenvalue weighted by molar-refractivity contribution is 6.16. The number of aryl methyl sites for hydroxylation is 4. The summed E-state index contributed by atoms with van der Waals surface area (Å²) in [5.74, 6) is 0. The first-order valence-corrected chi connectivity index (χ1v) is 21.9. The van der Waals surface area contributed by atoms with Crippen LogP contribution in [-0.2, 0) is 25.7 Å². The molecule has 0 aliphatic heterocycles. The van der Waals surface area contributed by atoms with Gasteiger partial charge in [-0.2, -0.15) is 0 Å². The summed E-state index contributed by atoms with van der Waals surface area (Å²) in [6, 6.07) is 53.4. The van der Waals surface area contributed by atoms with Crippen LogP contribution >= 0.6 is 0 Å². The Labute approximate surface area is 359 Å². The molecule has 4 nitrogen and oxygen atoms in total. The van der Waals surface area contributed by atoms with E-state index in [4.69, 9.17) is 10.7 Å². The Morgan fingerprint density at radius 1 is 0.565 bits per heavy atom. The molecular formula is C58H42N4. The molecule has 0 amide bonds. The van der Waals surface area contributed by atoms with Gasteiger partial charge in [0.1, 0.15) is 0 Å². The Hall–Kier alpha value is -7.69. The molecule has 0 spiro atoms. The van der Waals surface area contributed by atoms with Crippen LogP contribution in [0.2, 0.25) is 0 Å². The molecule has 13 rings (SSSR count). The molecule has 0 bridgehead atoms. The summed E-state index contributed by atoms with van der Waals surface area (Å²) >= 11 is 0. The van der Waals surface area contributed by atoms with Crippen LogP contribution in [0.1, 0.15) is 34.2 Å². The second kappa shape index (κ2) is 13.7. The van der Waals surface area contributed by atoms with Crippen molar-refractivity contribution in [1.29, 1.82) is 0 Å². The zero-order valence-corrected chi connectivity index (χ0v) is 34.3. The predicted octanol–water partition coefficient (Wildman–Crippen LogP) is 13.7. The molecule has 3 aliphatic rings. The molecule has 2 N–H and O–H groups in total. The summed E-state index contributed by atoms with van der Waals surface area (Å²) in [5, 5.41) is 6.33. The Balaban J connectivity index is 1.05. The van der Waals surface area contributed by atoms with E-state index >= 15 is 0 Å². The molecule has 3 aromatic heterocycles. The molecular weight excluding hydrogens is 753 g/mol. The van der Waals surface area contributed by atoms with Crippen molar-refractivity contribution in [1.82, 2.24) is 14.1 Å². The average molecular weight is 795 g/mol. The first-order valence-electron chi connectivity index (χ1n) is 21.9. The van der Waals surface area contributed by atoms with Crippen LogP contribution in [0, 0.1) is 0 Å². The van der Waals surface area contributed by atoms with Crippen LogP contribution in [0.4, 0.5) is 0 Å². The van der Waals surface area contributed by atoms with E-state index in [9.17, 15) is 0 Å². The monoisotopic (exact) mass is 794 g/mol. The number of nitrogens with zero attached hydrogens (tertiary/aromatic N) is 3. The highest BCUT2D eigenvalue weighted by atomic mass is 15.0. The van der Waals surface area contributed by atoms with Crippen LogP contribution in [0.3, 0.4) is 0 Å². The summed E-state index contributed by atoms with van der Waals surface area (Å²) in [7, 11) is 0. The fourth-order valence-electron chi connectivity index (χ4n) is 10.9. The number of rotatable bonds is 5. The smallest absolute Gasteiger partial charge is 0.0709 e. The molecule has 0 atom stereocenters. The van der Waals surface area contributed by atoms with Crippen molar-refractivity contribution in [3.05, 3.63) is 215 Å². The Kier molecular flexibility index (Phi) is 7.74. The molecule has 0 fully saturated rings. The maximum Gasteiger partial charge on any atom is 0.0709 e. The molecule has 7 aromatic carbocycles. The number of para-hydroxylation sites is 3. The van der Waals surface area contributed by atoms with Gasteiger partial charge in [-0.05, 0) is 155 Å². The van der Waals surface area contributed by atoms with Gasteiger partial charge in [-0.1, -0.05) is 103 Å². The van der Waals surface area contributed by atoms with Crippen LogP contribution in [0.5, 0.6) is 0 Å². The number of fused-ring (bicyclic) bond motifs is 9. The van der Waals surface area contributed by atoms with Crippen molar-refractivity contribution in [2.45, 2.75) is 32.1 Å². The van der Waals surface area contributed by atoms with E-state index in [0.29, 0.717) is 0 Å². The van der Waals surface area contributed by atoms with E-state index in [1.165, 1.54) is 93.9 Å². The van der Waals surface area contributed by atoms with Gasteiger partial charge < -0.3 is 14.9 Å². The lowest BCUT2D eigenvalue weighted by Crippen LogP contribution is -2.16. The quantitative estimate of drug-likeness (QED) is 0.189. The Bertz CT molecular complexity index is 3650. The van der Waals surface area contributed by atoms with Gasteiger partial charge in [0.15, 0.2) is 0 Å². The van der Waals surface area contributed by atoms with Crippen LogP contribution in [0.15, 0.2) is 188 Å². The summed E-state index contributed by atoms with van der Waals surface area (Å²) < 4.78 is 5.06. The second-order valence-electron chi connectivity index (χ2n) is 17.1. The largest absolute Gasteiger partial charge is 0.398 e. The maximum atomic E-state index is 6.84. The van der Waals surface area contributed by atoms with Crippen molar-refractivity contribution >= 4 is 60.2 Å². The number of allylic oxidation sites excluding steroid dienone is 7. The summed E-state index contributed by atoms with van der Waals surface area (Å²) in [4.78, 5) is 5.12. The van der Waals surface area contributed by atoms with Gasteiger partial charge in [0, 0.05) is 49.6 Å². The zero-order chi connectivity index (χ0) is 40.9. The van der Waals surface area contributed by atoms with Crippen molar-refractivity contribution < 1.29 is 0 Å². The molecule has 0 saturated carbocycles. The highest BCUT2D eigenvalue weighted by Crippen LogP contribution is 2.51. The van der Waals surface area contributed by atoms with E-state index < -0.39 is 0 Å². The lowest BCUT2D eigenvalue weighted by molar-refractivity contribution is 0.883. The van der Waals surface area contributed by atoms with Gasteiger partial charge in [0.2, 0.25) is 0 Å². The molecule has 294 valence electrons. The fourth-order valence-corrected chi connectivity index (χ4v) is 10.9. The van der Waals surface area contributed by atoms with Gasteiger partial charge >= 0.3 is 0 Å². The summed E-state index contributed by atoms with van der Waals surface area (Å²) in [6.07, 6.45) is 17.6. The normalized spacial score (nSPS) is 15.2. The highest BCUT2D eigenvalue weighted by Gasteiger charge is 2.33. The van der Waals surface area contributed by atoms with Crippen molar-refractivity contribution in [3.63, 3.8) is 0 Å². The lowest BCUT2D eigenvalue weighted by atomic mass is 9.74. The molecule has 10 aromatic rings. The average Bonchev–Trinajstić information content (AvgIpc) is 3.85. The minimum atomic E-state index is 0.777.